The Morgan fingerprint density at radius 2 is 1.72 bits per heavy atom. The number of carbonyl (C=O) groups is 1. The molecule has 0 amide bonds. The molecule has 0 radical (unpaired) electrons. The van der Waals surface area contributed by atoms with E-state index in [0.717, 1.165) is 0 Å². The minimum absolute atomic E-state index is 0.0744. The van der Waals surface area contributed by atoms with Gasteiger partial charge in [-0.3, -0.25) is 4.79 Å². The summed E-state index contributed by atoms with van der Waals surface area (Å²) in [4.78, 5) is 10.5. The second kappa shape index (κ2) is 6.44. The van der Waals surface area contributed by atoms with Crippen molar-refractivity contribution < 1.29 is 35.1 Å². The van der Waals surface area contributed by atoms with E-state index < -0.39 is 43.1 Å². The first-order valence-electron chi connectivity index (χ1n) is 5.89. The summed E-state index contributed by atoms with van der Waals surface area (Å²) in [5, 5.41) is 46.5. The number of aliphatic carboxylic acids is 1. The molecule has 1 aliphatic rings. The van der Waals surface area contributed by atoms with E-state index in [1.165, 1.54) is 0 Å². The maximum Gasteiger partial charge on any atom is 0.303 e. The maximum atomic E-state index is 10.5. The number of rotatable bonds is 5. The smallest absolute Gasteiger partial charge is 0.303 e. The van der Waals surface area contributed by atoms with Gasteiger partial charge in [0.25, 0.3) is 0 Å². The molecule has 1 saturated heterocycles. The van der Waals surface area contributed by atoms with E-state index in [4.69, 9.17) is 14.9 Å². The van der Waals surface area contributed by atoms with Crippen molar-refractivity contribution in [2.24, 2.45) is 5.92 Å². The van der Waals surface area contributed by atoms with Gasteiger partial charge < -0.3 is 30.3 Å². The average molecular weight is 264 g/mol. The molecular formula is C11H20O7. The van der Waals surface area contributed by atoms with E-state index in [2.05, 4.69) is 0 Å². The molecule has 0 aromatic carbocycles. The van der Waals surface area contributed by atoms with E-state index in [1.54, 1.807) is 6.92 Å². The third-order valence-corrected chi connectivity index (χ3v) is 3.15. The Hall–Kier alpha value is -0.730. The van der Waals surface area contributed by atoms with E-state index in [-0.39, 0.29) is 18.8 Å². The molecule has 1 unspecified atom stereocenters. The standard InChI is InChI=1S/C11H20O7/c1-5(3-8(13)14)2-6-9(15)11(17)10(16)7(4-12)18-6/h5-7,9-12,15-17H,2-4H2,1H3,(H,13,14)/t5?,6-,7+,9-,10-,11+/m0/s1. The highest BCUT2D eigenvalue weighted by molar-refractivity contribution is 5.66. The van der Waals surface area contributed by atoms with Crippen molar-refractivity contribution in [1.29, 1.82) is 0 Å². The van der Waals surface area contributed by atoms with Crippen LogP contribution in [0.5, 0.6) is 0 Å². The predicted octanol–water partition coefficient (Wildman–Crippen LogP) is -1.67. The Labute approximate surface area is 105 Å². The van der Waals surface area contributed by atoms with Gasteiger partial charge in [-0.15, -0.1) is 0 Å². The maximum absolute atomic E-state index is 10.5. The zero-order valence-corrected chi connectivity index (χ0v) is 10.1. The molecule has 5 N–H and O–H groups in total. The van der Waals surface area contributed by atoms with Gasteiger partial charge in [0.2, 0.25) is 0 Å². The molecule has 0 aromatic rings. The lowest BCUT2D eigenvalue weighted by molar-refractivity contribution is -0.232. The molecule has 0 saturated carbocycles. The van der Waals surface area contributed by atoms with Crippen molar-refractivity contribution in [2.75, 3.05) is 6.61 Å². The molecule has 0 aromatic heterocycles. The van der Waals surface area contributed by atoms with Crippen LogP contribution in [0.15, 0.2) is 0 Å². The Morgan fingerprint density at radius 1 is 1.17 bits per heavy atom. The molecule has 1 heterocycles. The second-order valence-electron chi connectivity index (χ2n) is 4.81. The van der Waals surface area contributed by atoms with Gasteiger partial charge in [-0.05, 0) is 12.3 Å². The Bertz CT molecular complexity index is 281. The number of aliphatic hydroxyl groups is 4. The Kier molecular flexibility index (Phi) is 5.48. The largest absolute Gasteiger partial charge is 0.481 e. The quantitative estimate of drug-likeness (QED) is 0.401. The highest BCUT2D eigenvalue weighted by Crippen LogP contribution is 2.26. The molecule has 1 rings (SSSR count). The summed E-state index contributed by atoms with van der Waals surface area (Å²) in [7, 11) is 0. The van der Waals surface area contributed by atoms with E-state index in [1.807, 2.05) is 0 Å². The number of hydrogen-bond acceptors (Lipinski definition) is 6. The summed E-state index contributed by atoms with van der Waals surface area (Å²) in [6.45, 7) is 1.21. The Balaban J connectivity index is 2.61. The molecule has 1 fully saturated rings. The Morgan fingerprint density at radius 3 is 2.22 bits per heavy atom. The van der Waals surface area contributed by atoms with Crippen molar-refractivity contribution in [3.8, 4) is 0 Å². The van der Waals surface area contributed by atoms with Gasteiger partial charge >= 0.3 is 5.97 Å². The number of aliphatic hydroxyl groups excluding tert-OH is 4. The van der Waals surface area contributed by atoms with Crippen LogP contribution in [0.25, 0.3) is 0 Å². The van der Waals surface area contributed by atoms with Crippen LogP contribution >= 0.6 is 0 Å². The van der Waals surface area contributed by atoms with Gasteiger partial charge in [-0.1, -0.05) is 6.92 Å². The molecule has 0 bridgehead atoms. The van der Waals surface area contributed by atoms with Gasteiger partial charge in [0.05, 0.1) is 12.7 Å². The minimum atomic E-state index is -1.40. The summed E-state index contributed by atoms with van der Waals surface area (Å²) in [5.74, 6) is -1.20. The average Bonchev–Trinajstić information content (AvgIpc) is 2.29. The van der Waals surface area contributed by atoms with Crippen LogP contribution < -0.4 is 0 Å². The lowest BCUT2D eigenvalue weighted by atomic mass is 9.89. The zero-order valence-electron chi connectivity index (χ0n) is 10.1. The number of ether oxygens (including phenoxy) is 1. The number of carboxylic acid groups (broad SMARTS) is 1. The first kappa shape index (κ1) is 15.3. The van der Waals surface area contributed by atoms with Gasteiger partial charge in [-0.2, -0.15) is 0 Å². The fourth-order valence-electron chi connectivity index (χ4n) is 2.15. The first-order valence-corrected chi connectivity index (χ1v) is 5.89. The van der Waals surface area contributed by atoms with Crippen LogP contribution in [-0.2, 0) is 9.53 Å². The molecule has 7 nitrogen and oxygen atoms in total. The lowest BCUT2D eigenvalue weighted by Crippen LogP contribution is -2.58. The van der Waals surface area contributed by atoms with Crippen LogP contribution in [-0.4, -0.2) is 68.6 Å². The van der Waals surface area contributed by atoms with Crippen LogP contribution in [0.2, 0.25) is 0 Å². The summed E-state index contributed by atoms with van der Waals surface area (Å²) < 4.78 is 5.28. The monoisotopic (exact) mass is 264 g/mol. The number of carboxylic acids is 1. The lowest BCUT2D eigenvalue weighted by Gasteiger charge is -2.40. The summed E-state index contributed by atoms with van der Waals surface area (Å²) in [6, 6.07) is 0. The first-order chi connectivity index (χ1) is 8.36. The normalized spacial score (nSPS) is 38.4. The van der Waals surface area contributed by atoms with Crippen molar-refractivity contribution >= 4 is 5.97 Å². The molecule has 18 heavy (non-hydrogen) atoms. The topological polar surface area (TPSA) is 127 Å². The highest BCUT2D eigenvalue weighted by Gasteiger charge is 2.43. The molecule has 106 valence electrons. The minimum Gasteiger partial charge on any atom is -0.481 e. The fraction of sp³-hybridized carbons (Fsp3) is 0.909. The summed E-state index contributed by atoms with van der Waals surface area (Å²) in [5.41, 5.74) is 0. The van der Waals surface area contributed by atoms with E-state index in [9.17, 15) is 20.1 Å². The molecule has 7 heteroatoms. The third-order valence-electron chi connectivity index (χ3n) is 3.15. The molecule has 0 spiro atoms. The van der Waals surface area contributed by atoms with Gasteiger partial charge in [-0.25, -0.2) is 0 Å². The van der Waals surface area contributed by atoms with Crippen LogP contribution in [0.3, 0.4) is 0 Å². The van der Waals surface area contributed by atoms with Crippen LogP contribution in [0, 0.1) is 5.92 Å². The number of hydrogen-bond donors (Lipinski definition) is 5. The third kappa shape index (κ3) is 3.63. The SMILES string of the molecule is CC(CC(=O)O)C[C@@H]1O[C@H](CO)[C@H](O)[C@H](O)[C@H]1O. The van der Waals surface area contributed by atoms with Crippen LogP contribution in [0.1, 0.15) is 19.8 Å². The summed E-state index contributed by atoms with van der Waals surface area (Å²) >= 11 is 0. The van der Waals surface area contributed by atoms with Crippen LogP contribution in [0.4, 0.5) is 0 Å². The van der Waals surface area contributed by atoms with E-state index in [0.29, 0.717) is 0 Å². The molecule has 1 aliphatic heterocycles. The molecular weight excluding hydrogens is 244 g/mol. The molecule has 6 atom stereocenters. The highest BCUT2D eigenvalue weighted by atomic mass is 16.5. The summed E-state index contributed by atoms with van der Waals surface area (Å²) in [6.07, 6.45) is -5.66. The predicted molar refractivity (Wildman–Crippen MR) is 59.8 cm³/mol. The van der Waals surface area contributed by atoms with Gasteiger partial charge in [0.15, 0.2) is 0 Å². The zero-order chi connectivity index (χ0) is 13.9. The second-order valence-corrected chi connectivity index (χ2v) is 4.81. The fourth-order valence-corrected chi connectivity index (χ4v) is 2.15. The van der Waals surface area contributed by atoms with Crippen molar-refractivity contribution in [2.45, 2.75) is 50.3 Å². The van der Waals surface area contributed by atoms with Crippen molar-refractivity contribution in [3.05, 3.63) is 0 Å². The van der Waals surface area contributed by atoms with E-state index >= 15 is 0 Å². The van der Waals surface area contributed by atoms with Gasteiger partial charge in [0, 0.05) is 6.42 Å². The van der Waals surface area contributed by atoms with Crippen molar-refractivity contribution in [1.82, 2.24) is 0 Å². The molecule has 0 aliphatic carbocycles. The van der Waals surface area contributed by atoms with Gasteiger partial charge in [0.1, 0.15) is 24.4 Å². The van der Waals surface area contributed by atoms with Crippen molar-refractivity contribution in [3.63, 3.8) is 0 Å².